The molecule has 2 fully saturated rings. The Morgan fingerprint density at radius 2 is 1.81 bits per heavy atom. The molecule has 1 aromatic rings. The largest absolute Gasteiger partial charge is 0.508 e. The van der Waals surface area contributed by atoms with Crippen LogP contribution in [0.15, 0.2) is 18.2 Å². The van der Waals surface area contributed by atoms with Crippen LogP contribution in [-0.4, -0.2) is 43.7 Å². The number of halogens is 2. The van der Waals surface area contributed by atoms with Crippen molar-refractivity contribution in [2.75, 3.05) is 26.2 Å². The van der Waals surface area contributed by atoms with Gasteiger partial charge in [-0.2, -0.15) is 0 Å². The lowest BCUT2D eigenvalue weighted by Gasteiger charge is -2.25. The second kappa shape index (κ2) is 10.7. The summed E-state index contributed by atoms with van der Waals surface area (Å²) in [4.78, 5) is 9.67. The molecule has 0 aromatic heterocycles. The summed E-state index contributed by atoms with van der Waals surface area (Å²) < 4.78 is 0. The van der Waals surface area contributed by atoms with Gasteiger partial charge in [-0.3, -0.25) is 4.79 Å². The Hall–Kier alpha value is -1.01. The third-order valence-corrected chi connectivity index (χ3v) is 3.68. The van der Waals surface area contributed by atoms with Gasteiger partial charge in [0.05, 0.1) is 16.1 Å². The number of carbonyl (C=O) groups is 1. The Morgan fingerprint density at radius 1 is 1.14 bits per heavy atom. The van der Waals surface area contributed by atoms with Gasteiger partial charge in [0.15, 0.2) is 0 Å². The van der Waals surface area contributed by atoms with E-state index in [1.807, 2.05) is 0 Å². The van der Waals surface area contributed by atoms with E-state index in [2.05, 4.69) is 16.0 Å². The van der Waals surface area contributed by atoms with Gasteiger partial charge in [-0.05, 0) is 44.1 Å². The summed E-state index contributed by atoms with van der Waals surface area (Å²) in [5, 5.41) is 18.5. The van der Waals surface area contributed by atoms with Crippen molar-refractivity contribution in [3.8, 4) is 5.75 Å². The molecule has 1 amide bonds. The van der Waals surface area contributed by atoms with E-state index >= 15 is 0 Å². The molecule has 0 unspecified atom stereocenters. The number of hydrogen-bond donors (Lipinski definition) is 4. The fourth-order valence-electron chi connectivity index (χ4n) is 1.61. The Bertz CT molecular complexity index is 417. The van der Waals surface area contributed by atoms with Gasteiger partial charge in [0, 0.05) is 13.1 Å². The maximum absolute atomic E-state index is 9.67. The normalized spacial score (nSPS) is 16.7. The average Bonchev–Trinajstić information content (AvgIpc) is 2.99. The Labute approximate surface area is 135 Å². The van der Waals surface area contributed by atoms with E-state index in [4.69, 9.17) is 28.3 Å². The minimum Gasteiger partial charge on any atom is -0.508 e. The highest BCUT2D eigenvalue weighted by Crippen LogP contribution is 2.24. The lowest BCUT2D eigenvalue weighted by molar-refractivity contribution is -0.110. The van der Waals surface area contributed by atoms with E-state index in [1.54, 1.807) is 6.07 Å². The molecule has 2 aliphatic heterocycles. The number of phenolic OH excluding ortho intramolecular Hbond substituents is 1. The molecule has 2 aliphatic rings. The van der Waals surface area contributed by atoms with E-state index in [1.165, 1.54) is 38.1 Å². The number of carbonyl (C=O) groups excluding carboxylic acids is 1. The van der Waals surface area contributed by atoms with Gasteiger partial charge in [0.2, 0.25) is 6.41 Å². The van der Waals surface area contributed by atoms with Crippen LogP contribution in [0.5, 0.6) is 5.75 Å². The molecular formula is C14H21Cl2N3O2. The fraction of sp³-hybridized carbons (Fsp3) is 0.500. The molecule has 2 saturated heterocycles. The molecule has 4 N–H and O–H groups in total. The van der Waals surface area contributed by atoms with Crippen molar-refractivity contribution in [1.29, 1.82) is 0 Å². The van der Waals surface area contributed by atoms with E-state index in [9.17, 15) is 4.79 Å². The van der Waals surface area contributed by atoms with Gasteiger partial charge in [-0.15, -0.1) is 0 Å². The summed E-state index contributed by atoms with van der Waals surface area (Å²) in [6.45, 7) is 4.36. The van der Waals surface area contributed by atoms with Gasteiger partial charge in [0.1, 0.15) is 5.75 Å². The van der Waals surface area contributed by atoms with Crippen molar-refractivity contribution in [3.63, 3.8) is 0 Å². The molecule has 21 heavy (non-hydrogen) atoms. The number of rotatable bonds is 2. The Kier molecular flexibility index (Phi) is 9.17. The molecule has 7 heteroatoms. The summed E-state index contributed by atoms with van der Waals surface area (Å²) in [5.41, 5.74) is 0. The molecule has 0 bridgehead atoms. The van der Waals surface area contributed by atoms with E-state index < -0.39 is 0 Å². The number of hydrogen-bond acceptors (Lipinski definition) is 4. The molecule has 0 atom stereocenters. The zero-order valence-corrected chi connectivity index (χ0v) is 13.3. The van der Waals surface area contributed by atoms with Crippen molar-refractivity contribution < 1.29 is 9.90 Å². The second-order valence-electron chi connectivity index (χ2n) is 4.70. The molecule has 3 rings (SSSR count). The standard InChI is InChI=1S/C6H4Cl2O.C4H8N2O.C4H9N/c7-5-2-1-4(9)3-6(5)8;7-3-6-4-1-5-2-4;1-2-4-5-3-1/h1-3,9H;3-5H,1-2H2,(H,6,7);5H,1-4H2. The lowest BCUT2D eigenvalue weighted by atomic mass is 10.2. The predicted octanol–water partition coefficient (Wildman–Crippen LogP) is 1.77. The number of aromatic hydroxyl groups is 1. The van der Waals surface area contributed by atoms with Crippen LogP contribution in [-0.2, 0) is 4.79 Å². The van der Waals surface area contributed by atoms with Gasteiger partial charge >= 0.3 is 0 Å². The average molecular weight is 334 g/mol. The van der Waals surface area contributed by atoms with Crippen molar-refractivity contribution >= 4 is 29.6 Å². The van der Waals surface area contributed by atoms with Crippen LogP contribution >= 0.6 is 23.2 Å². The van der Waals surface area contributed by atoms with Crippen molar-refractivity contribution in [2.45, 2.75) is 18.9 Å². The van der Waals surface area contributed by atoms with Crippen LogP contribution < -0.4 is 16.0 Å². The topological polar surface area (TPSA) is 73.4 Å². The maximum Gasteiger partial charge on any atom is 0.207 e. The number of benzene rings is 1. The van der Waals surface area contributed by atoms with Crippen LogP contribution in [0.3, 0.4) is 0 Å². The van der Waals surface area contributed by atoms with Crippen molar-refractivity contribution in [2.24, 2.45) is 0 Å². The smallest absolute Gasteiger partial charge is 0.207 e. The van der Waals surface area contributed by atoms with Gasteiger partial charge in [-0.25, -0.2) is 0 Å². The molecule has 1 aromatic carbocycles. The second-order valence-corrected chi connectivity index (χ2v) is 5.51. The molecular weight excluding hydrogens is 313 g/mol. The van der Waals surface area contributed by atoms with E-state index in [0.717, 1.165) is 19.5 Å². The first-order valence-corrected chi connectivity index (χ1v) is 7.64. The van der Waals surface area contributed by atoms with Gasteiger partial charge < -0.3 is 21.1 Å². The molecule has 5 nitrogen and oxygen atoms in total. The molecule has 2 heterocycles. The maximum atomic E-state index is 9.67. The Balaban J connectivity index is 0.000000164. The predicted molar refractivity (Wildman–Crippen MR) is 86.1 cm³/mol. The van der Waals surface area contributed by atoms with Crippen LogP contribution in [0.4, 0.5) is 0 Å². The molecule has 0 spiro atoms. The minimum absolute atomic E-state index is 0.129. The first-order valence-electron chi connectivity index (χ1n) is 6.88. The third-order valence-electron chi connectivity index (χ3n) is 2.95. The fourth-order valence-corrected chi connectivity index (χ4v) is 1.91. The summed E-state index contributed by atoms with van der Waals surface area (Å²) >= 11 is 11.1. The van der Waals surface area contributed by atoms with Gasteiger partial charge in [-0.1, -0.05) is 23.2 Å². The monoisotopic (exact) mass is 333 g/mol. The highest BCUT2D eigenvalue weighted by molar-refractivity contribution is 6.42. The first kappa shape index (κ1) is 18.0. The number of phenols is 1. The lowest BCUT2D eigenvalue weighted by Crippen LogP contribution is -2.54. The zero-order valence-electron chi connectivity index (χ0n) is 11.7. The van der Waals surface area contributed by atoms with E-state index in [-0.39, 0.29) is 5.75 Å². The number of nitrogens with one attached hydrogen (secondary N) is 3. The molecule has 0 radical (unpaired) electrons. The number of amides is 1. The van der Waals surface area contributed by atoms with E-state index in [0.29, 0.717) is 16.1 Å². The highest BCUT2D eigenvalue weighted by Gasteiger charge is 2.13. The quantitative estimate of drug-likeness (QED) is 0.622. The summed E-state index contributed by atoms with van der Waals surface area (Å²) in [6, 6.07) is 4.81. The van der Waals surface area contributed by atoms with Crippen LogP contribution in [0.1, 0.15) is 12.8 Å². The minimum atomic E-state index is 0.129. The zero-order chi connectivity index (χ0) is 15.5. The summed E-state index contributed by atoms with van der Waals surface area (Å²) in [7, 11) is 0. The molecule has 0 saturated carbocycles. The third kappa shape index (κ3) is 8.12. The van der Waals surface area contributed by atoms with Crippen LogP contribution in [0, 0.1) is 0 Å². The summed E-state index contributed by atoms with van der Waals surface area (Å²) in [5.74, 6) is 0.129. The molecule has 118 valence electrons. The van der Waals surface area contributed by atoms with Crippen LogP contribution in [0.2, 0.25) is 10.0 Å². The first-order chi connectivity index (χ1) is 10.1. The van der Waals surface area contributed by atoms with Crippen molar-refractivity contribution in [1.82, 2.24) is 16.0 Å². The molecule has 0 aliphatic carbocycles. The SMILES string of the molecule is C1CCNC1.O=CNC1CNC1.Oc1ccc(Cl)c(Cl)c1. The Morgan fingerprint density at radius 3 is 2.10 bits per heavy atom. The highest BCUT2D eigenvalue weighted by atomic mass is 35.5. The van der Waals surface area contributed by atoms with Crippen LogP contribution in [0.25, 0.3) is 0 Å². The van der Waals surface area contributed by atoms with Crippen molar-refractivity contribution in [3.05, 3.63) is 28.2 Å². The van der Waals surface area contributed by atoms with Gasteiger partial charge in [0.25, 0.3) is 0 Å². The summed E-state index contributed by atoms with van der Waals surface area (Å²) in [6.07, 6.45) is 3.52.